The molecule has 4 heteroatoms. The number of Topliss-reactive ketones (excluding diaryl/α,β-unsaturated/α-hetero) is 1. The molecular formula is C10H10ClFO2. The third kappa shape index (κ3) is 2.04. The molecule has 0 heterocycles. The van der Waals surface area contributed by atoms with Gasteiger partial charge in [-0.05, 0) is 26.0 Å². The quantitative estimate of drug-likeness (QED) is 0.726. The van der Waals surface area contributed by atoms with Gasteiger partial charge in [0.05, 0.1) is 17.2 Å². The molecule has 1 rings (SSSR count). The van der Waals surface area contributed by atoms with Crippen molar-refractivity contribution in [2.45, 2.75) is 13.8 Å². The maximum atomic E-state index is 13.2. The number of ketones is 1. The minimum absolute atomic E-state index is 0.0411. The fourth-order valence-corrected chi connectivity index (χ4v) is 1.46. The van der Waals surface area contributed by atoms with Crippen LogP contribution in [0, 0.1) is 5.82 Å². The zero-order chi connectivity index (χ0) is 10.7. The van der Waals surface area contributed by atoms with E-state index in [0.717, 1.165) is 0 Å². The third-order valence-corrected chi connectivity index (χ3v) is 2.08. The number of ether oxygens (including phenoxy) is 1. The van der Waals surface area contributed by atoms with Gasteiger partial charge in [0.1, 0.15) is 11.6 Å². The maximum absolute atomic E-state index is 13.2. The van der Waals surface area contributed by atoms with E-state index in [-0.39, 0.29) is 10.6 Å². The molecule has 0 bridgehead atoms. The summed E-state index contributed by atoms with van der Waals surface area (Å²) in [6.07, 6.45) is 0. The molecule has 1 aromatic carbocycles. The highest BCUT2D eigenvalue weighted by Gasteiger charge is 2.16. The second-order valence-electron chi connectivity index (χ2n) is 2.72. The summed E-state index contributed by atoms with van der Waals surface area (Å²) in [5.74, 6) is -0.694. The van der Waals surface area contributed by atoms with Gasteiger partial charge in [-0.3, -0.25) is 4.79 Å². The smallest absolute Gasteiger partial charge is 0.164 e. The lowest BCUT2D eigenvalue weighted by molar-refractivity contribution is 0.101. The van der Waals surface area contributed by atoms with Crippen molar-refractivity contribution in [1.29, 1.82) is 0 Å². The lowest BCUT2D eigenvalue weighted by Crippen LogP contribution is -2.01. The molecule has 0 saturated heterocycles. The van der Waals surface area contributed by atoms with E-state index in [1.807, 2.05) is 0 Å². The van der Waals surface area contributed by atoms with Gasteiger partial charge in [0, 0.05) is 0 Å². The highest BCUT2D eigenvalue weighted by Crippen LogP contribution is 2.30. The minimum atomic E-state index is -0.619. The summed E-state index contributed by atoms with van der Waals surface area (Å²) in [7, 11) is 0. The van der Waals surface area contributed by atoms with E-state index in [2.05, 4.69) is 0 Å². The number of carbonyl (C=O) groups is 1. The molecule has 2 nitrogen and oxygen atoms in total. The van der Waals surface area contributed by atoms with Gasteiger partial charge < -0.3 is 4.74 Å². The van der Waals surface area contributed by atoms with Crippen molar-refractivity contribution in [1.82, 2.24) is 0 Å². The Morgan fingerprint density at radius 1 is 1.57 bits per heavy atom. The summed E-state index contributed by atoms with van der Waals surface area (Å²) in [4.78, 5) is 11.1. The molecule has 0 fully saturated rings. The summed E-state index contributed by atoms with van der Waals surface area (Å²) in [5.41, 5.74) is -0.113. The molecule has 14 heavy (non-hydrogen) atoms. The lowest BCUT2D eigenvalue weighted by Gasteiger charge is -2.08. The Morgan fingerprint density at radius 2 is 2.21 bits per heavy atom. The van der Waals surface area contributed by atoms with Crippen molar-refractivity contribution in [2.75, 3.05) is 6.61 Å². The number of halogens is 2. The van der Waals surface area contributed by atoms with Crippen molar-refractivity contribution in [2.24, 2.45) is 0 Å². The fourth-order valence-electron chi connectivity index (χ4n) is 1.12. The molecule has 0 aliphatic heterocycles. The van der Waals surface area contributed by atoms with Gasteiger partial charge in [0.25, 0.3) is 0 Å². The van der Waals surface area contributed by atoms with Crippen LogP contribution in [0.15, 0.2) is 12.1 Å². The monoisotopic (exact) mass is 216 g/mol. The van der Waals surface area contributed by atoms with E-state index < -0.39 is 11.6 Å². The molecule has 0 radical (unpaired) electrons. The molecule has 0 aliphatic rings. The van der Waals surface area contributed by atoms with Gasteiger partial charge in [-0.2, -0.15) is 0 Å². The standard InChI is InChI=1S/C10H10ClFO2/c1-3-14-8-5-4-7(12)9(6(2)13)10(8)11/h4-5H,3H2,1-2H3. The van der Waals surface area contributed by atoms with E-state index >= 15 is 0 Å². The van der Waals surface area contributed by atoms with E-state index in [9.17, 15) is 9.18 Å². The topological polar surface area (TPSA) is 26.3 Å². The molecule has 76 valence electrons. The zero-order valence-corrected chi connectivity index (χ0v) is 8.69. The Balaban J connectivity index is 3.26. The largest absolute Gasteiger partial charge is 0.492 e. The summed E-state index contributed by atoms with van der Waals surface area (Å²) >= 11 is 5.80. The summed E-state index contributed by atoms with van der Waals surface area (Å²) in [6, 6.07) is 2.58. The Hall–Kier alpha value is -1.09. The second kappa shape index (κ2) is 4.42. The molecule has 1 aromatic rings. The normalized spacial score (nSPS) is 10.0. The zero-order valence-electron chi connectivity index (χ0n) is 7.93. The average molecular weight is 217 g/mol. The Morgan fingerprint density at radius 3 is 2.71 bits per heavy atom. The number of hydrogen-bond donors (Lipinski definition) is 0. The first-order valence-electron chi connectivity index (χ1n) is 4.19. The van der Waals surface area contributed by atoms with E-state index in [4.69, 9.17) is 16.3 Å². The van der Waals surface area contributed by atoms with Crippen molar-refractivity contribution in [3.8, 4) is 5.75 Å². The van der Waals surface area contributed by atoms with Crippen LogP contribution in [0.25, 0.3) is 0 Å². The van der Waals surface area contributed by atoms with E-state index in [0.29, 0.717) is 12.4 Å². The van der Waals surface area contributed by atoms with Crippen molar-refractivity contribution in [3.63, 3.8) is 0 Å². The van der Waals surface area contributed by atoms with Crippen LogP contribution >= 0.6 is 11.6 Å². The van der Waals surface area contributed by atoms with Crippen molar-refractivity contribution < 1.29 is 13.9 Å². The van der Waals surface area contributed by atoms with Gasteiger partial charge in [-0.1, -0.05) is 11.6 Å². The average Bonchev–Trinajstić information content (AvgIpc) is 2.10. The minimum Gasteiger partial charge on any atom is -0.492 e. The molecular weight excluding hydrogens is 207 g/mol. The maximum Gasteiger partial charge on any atom is 0.164 e. The van der Waals surface area contributed by atoms with Crippen LogP contribution < -0.4 is 4.74 Å². The molecule has 0 aromatic heterocycles. The van der Waals surface area contributed by atoms with Crippen LogP contribution in [-0.2, 0) is 0 Å². The van der Waals surface area contributed by atoms with Gasteiger partial charge >= 0.3 is 0 Å². The van der Waals surface area contributed by atoms with Crippen LogP contribution in [0.1, 0.15) is 24.2 Å². The van der Waals surface area contributed by atoms with E-state index in [1.165, 1.54) is 19.1 Å². The molecule has 0 spiro atoms. The van der Waals surface area contributed by atoms with Crippen LogP contribution in [0.2, 0.25) is 5.02 Å². The summed E-state index contributed by atoms with van der Waals surface area (Å²) < 4.78 is 18.3. The number of benzene rings is 1. The predicted octanol–water partition coefficient (Wildman–Crippen LogP) is 3.08. The SMILES string of the molecule is CCOc1ccc(F)c(C(C)=O)c1Cl. The van der Waals surface area contributed by atoms with Crippen LogP contribution in [0.3, 0.4) is 0 Å². The molecule has 0 aliphatic carbocycles. The Kier molecular flexibility index (Phi) is 3.47. The Labute approximate surface area is 86.6 Å². The highest BCUT2D eigenvalue weighted by molar-refractivity contribution is 6.35. The third-order valence-electron chi connectivity index (χ3n) is 1.71. The van der Waals surface area contributed by atoms with Gasteiger partial charge in [-0.15, -0.1) is 0 Å². The van der Waals surface area contributed by atoms with Crippen molar-refractivity contribution >= 4 is 17.4 Å². The first kappa shape index (κ1) is 11.0. The summed E-state index contributed by atoms with van der Waals surface area (Å²) in [6.45, 7) is 3.47. The first-order valence-corrected chi connectivity index (χ1v) is 4.57. The molecule has 0 atom stereocenters. The predicted molar refractivity (Wildman–Crippen MR) is 52.6 cm³/mol. The second-order valence-corrected chi connectivity index (χ2v) is 3.10. The molecule has 0 saturated carbocycles. The number of hydrogen-bond acceptors (Lipinski definition) is 2. The molecule has 0 N–H and O–H groups in total. The first-order chi connectivity index (χ1) is 6.57. The van der Waals surface area contributed by atoms with Gasteiger partial charge in [-0.25, -0.2) is 4.39 Å². The number of carbonyl (C=O) groups excluding carboxylic acids is 1. The van der Waals surface area contributed by atoms with Crippen molar-refractivity contribution in [3.05, 3.63) is 28.5 Å². The van der Waals surface area contributed by atoms with Gasteiger partial charge in [0.15, 0.2) is 5.78 Å². The lowest BCUT2D eigenvalue weighted by atomic mass is 10.1. The number of rotatable bonds is 3. The van der Waals surface area contributed by atoms with Crippen LogP contribution in [-0.4, -0.2) is 12.4 Å². The van der Waals surface area contributed by atoms with Crippen LogP contribution in [0.5, 0.6) is 5.75 Å². The highest BCUT2D eigenvalue weighted by atomic mass is 35.5. The van der Waals surface area contributed by atoms with Crippen LogP contribution in [0.4, 0.5) is 4.39 Å². The fraction of sp³-hybridized carbons (Fsp3) is 0.300. The van der Waals surface area contributed by atoms with E-state index in [1.54, 1.807) is 6.92 Å². The Bertz CT molecular complexity index is 363. The van der Waals surface area contributed by atoms with Gasteiger partial charge in [0.2, 0.25) is 0 Å². The summed E-state index contributed by atoms with van der Waals surface area (Å²) in [5, 5.41) is 0.0411. The molecule has 0 unspecified atom stereocenters. The molecule has 0 amide bonds.